The molecule has 9 heteroatoms. The maximum absolute atomic E-state index is 12.6. The van der Waals surface area contributed by atoms with Crippen LogP contribution < -0.4 is 11.1 Å². The summed E-state index contributed by atoms with van der Waals surface area (Å²) in [4.78, 5) is 36.7. The van der Waals surface area contributed by atoms with E-state index in [4.69, 9.17) is 5.73 Å². The molecule has 0 aromatic heterocycles. The number of nitro groups is 1. The van der Waals surface area contributed by atoms with Crippen LogP contribution >= 0.6 is 12.4 Å². The zero-order chi connectivity index (χ0) is 20.8. The number of amides is 2. The minimum absolute atomic E-state index is 0. The Hall–Kier alpha value is -2.97. The fourth-order valence-electron chi connectivity index (χ4n) is 3.67. The van der Waals surface area contributed by atoms with Gasteiger partial charge >= 0.3 is 0 Å². The predicted octanol–water partition coefficient (Wildman–Crippen LogP) is 2.34. The second kappa shape index (κ2) is 10.7. The third kappa shape index (κ3) is 5.55. The minimum atomic E-state index is -0.520. The molecule has 1 aliphatic rings. The van der Waals surface area contributed by atoms with Crippen molar-refractivity contribution in [3.63, 3.8) is 0 Å². The van der Waals surface area contributed by atoms with Crippen LogP contribution in [0.2, 0.25) is 0 Å². The van der Waals surface area contributed by atoms with Crippen LogP contribution in [0.1, 0.15) is 28.3 Å². The Morgan fingerprint density at radius 1 is 1.10 bits per heavy atom. The van der Waals surface area contributed by atoms with E-state index < -0.39 is 4.92 Å². The summed E-state index contributed by atoms with van der Waals surface area (Å²) in [6, 6.07) is 15.4. The number of nitro benzene ring substituents is 1. The van der Waals surface area contributed by atoms with Gasteiger partial charge in [0.2, 0.25) is 5.91 Å². The normalized spacial score (nSPS) is 17.8. The van der Waals surface area contributed by atoms with Crippen molar-refractivity contribution in [3.8, 4) is 0 Å². The fourth-order valence-corrected chi connectivity index (χ4v) is 3.67. The molecule has 0 unspecified atom stereocenters. The number of carbonyl (C=O) groups excluding carboxylic acids is 2. The van der Waals surface area contributed by atoms with Gasteiger partial charge in [-0.05, 0) is 30.2 Å². The number of nitrogens with two attached hydrogens (primary N) is 1. The number of non-ortho nitro benzene ring substituents is 1. The number of carbonyl (C=O) groups is 2. The second-order valence-corrected chi connectivity index (χ2v) is 7.12. The number of hydrogen-bond donors (Lipinski definition) is 2. The monoisotopic (exact) mass is 432 g/mol. The van der Waals surface area contributed by atoms with Crippen molar-refractivity contribution < 1.29 is 14.5 Å². The third-order valence-electron chi connectivity index (χ3n) is 5.29. The highest BCUT2D eigenvalue weighted by atomic mass is 35.5. The number of hydrogen-bond acceptors (Lipinski definition) is 5. The van der Waals surface area contributed by atoms with E-state index in [0.29, 0.717) is 25.2 Å². The lowest BCUT2D eigenvalue weighted by atomic mass is 9.89. The maximum Gasteiger partial charge on any atom is 0.269 e. The van der Waals surface area contributed by atoms with E-state index in [0.717, 1.165) is 0 Å². The van der Waals surface area contributed by atoms with Crippen LogP contribution in [0, 0.1) is 16.0 Å². The molecule has 2 aromatic rings. The summed E-state index contributed by atoms with van der Waals surface area (Å²) >= 11 is 0. The maximum atomic E-state index is 12.6. The van der Waals surface area contributed by atoms with Crippen molar-refractivity contribution in [1.29, 1.82) is 0 Å². The van der Waals surface area contributed by atoms with E-state index in [9.17, 15) is 19.7 Å². The highest BCUT2D eigenvalue weighted by molar-refractivity contribution is 5.94. The van der Waals surface area contributed by atoms with Crippen molar-refractivity contribution in [2.24, 2.45) is 11.7 Å². The van der Waals surface area contributed by atoms with Crippen LogP contribution in [0.25, 0.3) is 0 Å². The lowest BCUT2D eigenvalue weighted by Gasteiger charge is -2.17. The van der Waals surface area contributed by atoms with Gasteiger partial charge in [0, 0.05) is 49.7 Å². The van der Waals surface area contributed by atoms with Gasteiger partial charge in [0.1, 0.15) is 0 Å². The van der Waals surface area contributed by atoms with Crippen LogP contribution in [0.15, 0.2) is 54.6 Å². The summed E-state index contributed by atoms with van der Waals surface area (Å²) in [5, 5.41) is 13.4. The molecule has 160 valence electrons. The van der Waals surface area contributed by atoms with E-state index in [1.54, 1.807) is 0 Å². The molecule has 1 heterocycles. The van der Waals surface area contributed by atoms with Crippen LogP contribution in [0.4, 0.5) is 5.69 Å². The third-order valence-corrected chi connectivity index (χ3v) is 5.29. The zero-order valence-corrected chi connectivity index (χ0v) is 17.2. The van der Waals surface area contributed by atoms with Gasteiger partial charge in [-0.3, -0.25) is 19.7 Å². The molecular formula is C21H25ClN4O4. The topological polar surface area (TPSA) is 119 Å². The lowest BCUT2D eigenvalue weighted by Crippen LogP contribution is -2.33. The lowest BCUT2D eigenvalue weighted by molar-refractivity contribution is -0.384. The van der Waals surface area contributed by atoms with Gasteiger partial charge in [-0.25, -0.2) is 0 Å². The number of halogens is 1. The Kier molecular flexibility index (Phi) is 8.32. The summed E-state index contributed by atoms with van der Waals surface area (Å²) < 4.78 is 0. The van der Waals surface area contributed by atoms with E-state index in [-0.39, 0.29) is 54.7 Å². The van der Waals surface area contributed by atoms with Crippen molar-refractivity contribution in [1.82, 2.24) is 10.2 Å². The molecule has 1 fully saturated rings. The largest absolute Gasteiger partial charge is 0.352 e. The Bertz CT molecular complexity index is 876. The SMILES string of the molecule is Cl.NC[C@@H]1CN(C(=O)CCNC(=O)c2ccc([N+](=O)[O-])cc2)C[C@H]1c1ccccc1. The molecule has 2 atom stereocenters. The van der Waals surface area contributed by atoms with Crippen LogP contribution in [0.5, 0.6) is 0 Å². The first-order valence-electron chi connectivity index (χ1n) is 9.55. The van der Waals surface area contributed by atoms with Crippen LogP contribution in [-0.4, -0.2) is 47.8 Å². The molecule has 3 rings (SSSR count). The predicted molar refractivity (Wildman–Crippen MR) is 116 cm³/mol. The van der Waals surface area contributed by atoms with Crippen molar-refractivity contribution in [3.05, 3.63) is 75.8 Å². The van der Waals surface area contributed by atoms with E-state index in [1.807, 2.05) is 23.1 Å². The van der Waals surface area contributed by atoms with Crippen LogP contribution in [0.3, 0.4) is 0 Å². The summed E-state index contributed by atoms with van der Waals surface area (Å²) in [5.74, 6) is 0.0536. The first-order valence-corrected chi connectivity index (χ1v) is 9.55. The molecule has 1 saturated heterocycles. The Balaban J connectivity index is 0.00000320. The average Bonchev–Trinajstić information content (AvgIpc) is 3.19. The molecule has 30 heavy (non-hydrogen) atoms. The fraction of sp³-hybridized carbons (Fsp3) is 0.333. The molecule has 0 radical (unpaired) electrons. The van der Waals surface area contributed by atoms with E-state index >= 15 is 0 Å². The molecule has 2 aromatic carbocycles. The average molecular weight is 433 g/mol. The molecule has 1 aliphatic heterocycles. The Morgan fingerprint density at radius 2 is 1.77 bits per heavy atom. The smallest absolute Gasteiger partial charge is 0.269 e. The molecule has 2 amide bonds. The molecular weight excluding hydrogens is 408 g/mol. The highest BCUT2D eigenvalue weighted by Crippen LogP contribution is 2.32. The van der Waals surface area contributed by atoms with Crippen LogP contribution in [-0.2, 0) is 4.79 Å². The molecule has 0 saturated carbocycles. The van der Waals surface area contributed by atoms with Gasteiger partial charge in [-0.2, -0.15) is 0 Å². The zero-order valence-electron chi connectivity index (χ0n) is 16.4. The number of nitrogens with one attached hydrogen (secondary N) is 1. The van der Waals surface area contributed by atoms with Gasteiger partial charge in [-0.1, -0.05) is 30.3 Å². The van der Waals surface area contributed by atoms with Gasteiger partial charge in [0.05, 0.1) is 4.92 Å². The van der Waals surface area contributed by atoms with Crippen molar-refractivity contribution >= 4 is 29.9 Å². The first kappa shape index (κ1) is 23.3. The Morgan fingerprint density at radius 3 is 2.37 bits per heavy atom. The summed E-state index contributed by atoms with van der Waals surface area (Å²) in [7, 11) is 0. The van der Waals surface area contributed by atoms with E-state index in [1.165, 1.54) is 29.8 Å². The number of benzene rings is 2. The first-order chi connectivity index (χ1) is 14.0. The molecule has 0 aliphatic carbocycles. The standard InChI is InChI=1S/C21H24N4O4.ClH/c22-12-17-13-24(14-19(17)15-4-2-1-3-5-15)20(26)10-11-23-21(27)16-6-8-18(9-7-16)25(28)29;/h1-9,17,19H,10-14,22H2,(H,23,27);1H/t17-,19+;/m1./s1. The van der Waals surface area contributed by atoms with Gasteiger partial charge in [0.15, 0.2) is 0 Å². The quantitative estimate of drug-likeness (QED) is 0.514. The second-order valence-electron chi connectivity index (χ2n) is 7.12. The molecule has 0 bridgehead atoms. The number of nitrogens with zero attached hydrogens (tertiary/aromatic N) is 2. The number of likely N-dealkylation sites (tertiary alicyclic amines) is 1. The van der Waals surface area contributed by atoms with Gasteiger partial charge in [0.25, 0.3) is 11.6 Å². The summed E-state index contributed by atoms with van der Waals surface area (Å²) in [6.45, 7) is 1.96. The molecule has 0 spiro atoms. The molecule has 3 N–H and O–H groups in total. The van der Waals surface area contributed by atoms with E-state index in [2.05, 4.69) is 17.4 Å². The van der Waals surface area contributed by atoms with Gasteiger partial charge in [-0.15, -0.1) is 12.4 Å². The molecule has 8 nitrogen and oxygen atoms in total. The van der Waals surface area contributed by atoms with Crippen molar-refractivity contribution in [2.45, 2.75) is 12.3 Å². The minimum Gasteiger partial charge on any atom is -0.352 e. The highest BCUT2D eigenvalue weighted by Gasteiger charge is 2.34. The van der Waals surface area contributed by atoms with Crippen molar-refractivity contribution in [2.75, 3.05) is 26.2 Å². The Labute approximate surface area is 181 Å². The summed E-state index contributed by atoms with van der Waals surface area (Å²) in [5.41, 5.74) is 7.35. The summed E-state index contributed by atoms with van der Waals surface area (Å²) in [6.07, 6.45) is 0.192. The van der Waals surface area contributed by atoms with Gasteiger partial charge < -0.3 is 16.0 Å². The number of rotatable bonds is 7.